The molecule has 0 bridgehead atoms. The molecule has 2 aliphatic heterocycles. The summed E-state index contributed by atoms with van der Waals surface area (Å²) in [6, 6.07) is 17.3. The van der Waals surface area contributed by atoms with E-state index in [1.807, 2.05) is 30.3 Å². The number of amides is 5. The van der Waals surface area contributed by atoms with Crippen LogP contribution in [0.3, 0.4) is 0 Å². The molecule has 2 aliphatic rings. The molecule has 34 heavy (non-hydrogen) atoms. The lowest BCUT2D eigenvalue weighted by atomic mass is 9.90. The van der Waals surface area contributed by atoms with E-state index in [9.17, 15) is 19.2 Å². The number of ether oxygens (including phenoxy) is 1. The SMILES string of the molecule is COc1ccc2cc(C3(C)NC(=O)N(CC(=O)N4CC(=O)Nc5ccccc54)C3=O)ccc2c1. The average Bonchev–Trinajstić information content (AvgIpc) is 3.06. The average molecular weight is 458 g/mol. The smallest absolute Gasteiger partial charge is 0.325 e. The van der Waals surface area contributed by atoms with Crippen LogP contribution >= 0.6 is 0 Å². The number of benzene rings is 3. The molecule has 0 spiro atoms. The van der Waals surface area contributed by atoms with Crippen LogP contribution in [0.4, 0.5) is 16.2 Å². The minimum Gasteiger partial charge on any atom is -0.497 e. The molecule has 9 nitrogen and oxygen atoms in total. The van der Waals surface area contributed by atoms with E-state index >= 15 is 0 Å². The van der Waals surface area contributed by atoms with Gasteiger partial charge in [0.1, 0.15) is 24.4 Å². The molecule has 5 amide bonds. The van der Waals surface area contributed by atoms with Crippen LogP contribution in [0.5, 0.6) is 5.75 Å². The van der Waals surface area contributed by atoms with Crippen molar-refractivity contribution in [1.29, 1.82) is 0 Å². The number of carbonyl (C=O) groups is 4. The molecule has 1 unspecified atom stereocenters. The third-order valence-electron chi connectivity index (χ3n) is 6.26. The van der Waals surface area contributed by atoms with Gasteiger partial charge in [0.25, 0.3) is 5.91 Å². The van der Waals surface area contributed by atoms with Gasteiger partial charge >= 0.3 is 6.03 Å². The number of nitrogens with one attached hydrogen (secondary N) is 2. The van der Waals surface area contributed by atoms with Crippen LogP contribution in [0, 0.1) is 0 Å². The molecule has 172 valence electrons. The van der Waals surface area contributed by atoms with Crippen molar-refractivity contribution in [1.82, 2.24) is 10.2 Å². The Balaban J connectivity index is 1.41. The lowest BCUT2D eigenvalue weighted by molar-refractivity contribution is -0.134. The van der Waals surface area contributed by atoms with Crippen molar-refractivity contribution < 1.29 is 23.9 Å². The van der Waals surface area contributed by atoms with Gasteiger partial charge in [-0.05, 0) is 53.6 Å². The zero-order valence-corrected chi connectivity index (χ0v) is 18.6. The second-order valence-electron chi connectivity index (χ2n) is 8.42. The third kappa shape index (κ3) is 3.42. The molecule has 3 aromatic carbocycles. The fourth-order valence-corrected chi connectivity index (χ4v) is 4.37. The van der Waals surface area contributed by atoms with E-state index in [2.05, 4.69) is 10.6 Å². The molecule has 0 saturated carbocycles. The van der Waals surface area contributed by atoms with Gasteiger partial charge in [0.2, 0.25) is 11.8 Å². The van der Waals surface area contributed by atoms with Crippen molar-refractivity contribution in [3.8, 4) is 5.75 Å². The van der Waals surface area contributed by atoms with Crippen LogP contribution in [0.1, 0.15) is 12.5 Å². The van der Waals surface area contributed by atoms with Gasteiger partial charge in [-0.1, -0.05) is 30.3 Å². The van der Waals surface area contributed by atoms with E-state index in [0.717, 1.165) is 21.4 Å². The van der Waals surface area contributed by atoms with Crippen LogP contribution in [-0.4, -0.2) is 48.9 Å². The van der Waals surface area contributed by atoms with Crippen molar-refractivity contribution in [3.05, 3.63) is 66.2 Å². The summed E-state index contributed by atoms with van der Waals surface area (Å²) in [5, 5.41) is 7.25. The first-order valence-corrected chi connectivity index (χ1v) is 10.7. The van der Waals surface area contributed by atoms with Crippen molar-refractivity contribution in [3.63, 3.8) is 0 Å². The van der Waals surface area contributed by atoms with Gasteiger partial charge in [0.05, 0.1) is 18.5 Å². The van der Waals surface area contributed by atoms with Gasteiger partial charge < -0.3 is 15.4 Å². The van der Waals surface area contributed by atoms with Crippen molar-refractivity contribution >= 4 is 45.9 Å². The van der Waals surface area contributed by atoms with Gasteiger partial charge in [-0.25, -0.2) is 4.79 Å². The molecule has 2 N–H and O–H groups in total. The van der Waals surface area contributed by atoms with Crippen molar-refractivity contribution in [2.24, 2.45) is 0 Å². The van der Waals surface area contributed by atoms with Crippen molar-refractivity contribution in [2.45, 2.75) is 12.5 Å². The maximum atomic E-state index is 13.4. The molecule has 3 aromatic rings. The fourth-order valence-electron chi connectivity index (χ4n) is 4.37. The molecule has 1 atom stereocenters. The van der Waals surface area contributed by atoms with Crippen LogP contribution in [0.2, 0.25) is 0 Å². The third-order valence-corrected chi connectivity index (χ3v) is 6.26. The highest BCUT2D eigenvalue weighted by Crippen LogP contribution is 2.33. The van der Waals surface area contributed by atoms with E-state index < -0.39 is 29.9 Å². The van der Waals surface area contributed by atoms with E-state index in [1.165, 1.54) is 4.90 Å². The van der Waals surface area contributed by atoms with Gasteiger partial charge in [-0.3, -0.25) is 24.2 Å². The molecule has 0 aliphatic carbocycles. The molecular weight excluding hydrogens is 436 g/mol. The van der Waals surface area contributed by atoms with Crippen LogP contribution in [-0.2, 0) is 19.9 Å². The molecule has 0 aromatic heterocycles. The minimum atomic E-state index is -1.33. The van der Waals surface area contributed by atoms with Crippen LogP contribution < -0.4 is 20.3 Å². The Labute approximate surface area is 195 Å². The van der Waals surface area contributed by atoms with Gasteiger partial charge in [0, 0.05) is 0 Å². The Kier molecular flexibility index (Phi) is 4.97. The largest absolute Gasteiger partial charge is 0.497 e. The van der Waals surface area contributed by atoms with Gasteiger partial charge in [-0.15, -0.1) is 0 Å². The monoisotopic (exact) mass is 458 g/mol. The number of imide groups is 1. The summed E-state index contributed by atoms with van der Waals surface area (Å²) in [4.78, 5) is 53.5. The first kappa shape index (κ1) is 21.4. The van der Waals surface area contributed by atoms with E-state index in [0.29, 0.717) is 16.9 Å². The topological polar surface area (TPSA) is 108 Å². The number of hydrogen-bond donors (Lipinski definition) is 2. The second kappa shape index (κ2) is 7.87. The first-order valence-electron chi connectivity index (χ1n) is 10.7. The number of methoxy groups -OCH3 is 1. The molecule has 5 rings (SSSR count). The van der Waals surface area contributed by atoms with E-state index in [4.69, 9.17) is 4.74 Å². The summed E-state index contributed by atoms with van der Waals surface area (Å²) < 4.78 is 5.25. The molecule has 1 saturated heterocycles. The Hall–Kier alpha value is -4.40. The highest BCUT2D eigenvalue weighted by molar-refractivity contribution is 6.14. The number of para-hydroxylation sites is 2. The summed E-state index contributed by atoms with van der Waals surface area (Å²) in [5.74, 6) is -0.689. The number of rotatable bonds is 4. The number of anilines is 2. The Bertz CT molecular complexity index is 1370. The molecular formula is C25H22N4O5. The normalized spacial score (nSPS) is 19.6. The second-order valence-corrected chi connectivity index (χ2v) is 8.42. The summed E-state index contributed by atoms with van der Waals surface area (Å²) in [6.45, 7) is 0.948. The quantitative estimate of drug-likeness (QED) is 0.585. The maximum absolute atomic E-state index is 13.4. The fraction of sp³-hybridized carbons (Fsp3) is 0.200. The molecule has 2 heterocycles. The standard InChI is InChI=1S/C25H22N4O5/c1-25(17-9-7-16-12-18(34-2)10-8-15(16)11-17)23(32)29(24(33)27-25)14-22(31)28-13-21(30)26-19-5-3-4-6-20(19)28/h3-12H,13-14H2,1-2H3,(H,26,30)(H,27,33). The number of fused-ring (bicyclic) bond motifs is 2. The Morgan fingerprint density at radius 3 is 2.56 bits per heavy atom. The predicted molar refractivity (Wildman–Crippen MR) is 126 cm³/mol. The highest BCUT2D eigenvalue weighted by atomic mass is 16.5. The van der Waals surface area contributed by atoms with Crippen molar-refractivity contribution in [2.75, 3.05) is 30.4 Å². The molecule has 0 radical (unpaired) electrons. The number of hydrogen-bond acceptors (Lipinski definition) is 5. The number of urea groups is 1. The lowest BCUT2D eigenvalue weighted by Gasteiger charge is -2.30. The highest BCUT2D eigenvalue weighted by Gasteiger charge is 2.50. The molecule has 1 fully saturated rings. The van der Waals surface area contributed by atoms with Crippen LogP contribution in [0.25, 0.3) is 10.8 Å². The van der Waals surface area contributed by atoms with E-state index in [-0.39, 0.29) is 12.5 Å². The number of carbonyl (C=O) groups excluding carboxylic acids is 4. The Morgan fingerprint density at radius 1 is 1.03 bits per heavy atom. The Morgan fingerprint density at radius 2 is 1.76 bits per heavy atom. The summed E-state index contributed by atoms with van der Waals surface area (Å²) in [7, 11) is 1.59. The minimum absolute atomic E-state index is 0.190. The summed E-state index contributed by atoms with van der Waals surface area (Å²) in [5.41, 5.74) is 0.290. The zero-order chi connectivity index (χ0) is 24.0. The summed E-state index contributed by atoms with van der Waals surface area (Å²) in [6.07, 6.45) is 0. The van der Waals surface area contributed by atoms with Gasteiger partial charge in [0.15, 0.2) is 0 Å². The lowest BCUT2D eigenvalue weighted by Crippen LogP contribution is -2.48. The maximum Gasteiger partial charge on any atom is 0.325 e. The predicted octanol–water partition coefficient (Wildman–Crippen LogP) is 2.60. The number of nitrogens with zero attached hydrogens (tertiary/aromatic N) is 2. The van der Waals surface area contributed by atoms with Crippen LogP contribution in [0.15, 0.2) is 60.7 Å². The first-order chi connectivity index (χ1) is 16.3. The van der Waals surface area contributed by atoms with E-state index in [1.54, 1.807) is 44.4 Å². The summed E-state index contributed by atoms with van der Waals surface area (Å²) >= 11 is 0. The molecule has 9 heteroatoms. The zero-order valence-electron chi connectivity index (χ0n) is 18.6. The van der Waals surface area contributed by atoms with Gasteiger partial charge in [-0.2, -0.15) is 0 Å².